The molecule has 1 atom stereocenters. The van der Waals surface area contributed by atoms with Gasteiger partial charge in [0.15, 0.2) is 0 Å². The van der Waals surface area contributed by atoms with E-state index >= 15 is 0 Å². The molecule has 0 aliphatic carbocycles. The van der Waals surface area contributed by atoms with E-state index in [1.165, 1.54) is 29.2 Å². The number of rotatable bonds is 1. The van der Waals surface area contributed by atoms with E-state index in [1.54, 1.807) is 0 Å². The van der Waals surface area contributed by atoms with Crippen molar-refractivity contribution in [2.45, 2.75) is 6.92 Å². The highest BCUT2D eigenvalue weighted by molar-refractivity contribution is 7.99. The van der Waals surface area contributed by atoms with Crippen LogP contribution in [0, 0.1) is 0 Å². The van der Waals surface area contributed by atoms with Crippen molar-refractivity contribution >= 4 is 11.8 Å². The Bertz CT molecular complexity index is 76.6. The largest absolute Gasteiger partial charge is 0.317 e. The molecule has 0 saturated carbocycles. The third-order valence-electron chi connectivity index (χ3n) is 1.94. The number of nitrogens with zero attached hydrogens (tertiary/aromatic N) is 1. The number of quaternary nitrogens is 1. The second-order valence-corrected chi connectivity index (χ2v) is 3.77. The van der Waals surface area contributed by atoms with Crippen LogP contribution in [0.4, 0.5) is 0 Å². The van der Waals surface area contributed by atoms with Crippen molar-refractivity contribution in [1.82, 2.24) is 0 Å². The summed E-state index contributed by atoms with van der Waals surface area (Å²) in [6.45, 7) is 4.94. The summed E-state index contributed by atoms with van der Waals surface area (Å²) in [6.07, 6.45) is 0. The molecule has 0 radical (unpaired) electrons. The molecule has 0 aromatic rings. The van der Waals surface area contributed by atoms with E-state index in [2.05, 4.69) is 25.7 Å². The van der Waals surface area contributed by atoms with Gasteiger partial charge in [0.2, 0.25) is 0 Å². The van der Waals surface area contributed by atoms with Crippen molar-refractivity contribution in [3.63, 3.8) is 0 Å². The summed E-state index contributed by atoms with van der Waals surface area (Å²) in [4.78, 5) is 0. The van der Waals surface area contributed by atoms with Gasteiger partial charge in [-0.3, -0.25) is 0 Å². The third kappa shape index (κ3) is 1.17. The molecular weight excluding hydrogens is 118 g/mol. The van der Waals surface area contributed by atoms with Crippen molar-refractivity contribution in [2.24, 2.45) is 0 Å². The highest BCUT2D eigenvalue weighted by atomic mass is 32.2. The lowest BCUT2D eigenvalue weighted by Crippen LogP contribution is -2.40. The average molecular weight is 132 g/mol. The molecule has 1 fully saturated rings. The first-order valence-corrected chi connectivity index (χ1v) is 4.34. The van der Waals surface area contributed by atoms with Gasteiger partial charge in [0, 0.05) is 5.75 Å². The molecule has 2 heteroatoms. The van der Waals surface area contributed by atoms with Crippen LogP contribution in [0.25, 0.3) is 0 Å². The molecule has 1 nitrogen and oxygen atoms in total. The Kier molecular flexibility index (Phi) is 1.83. The van der Waals surface area contributed by atoms with Crippen molar-refractivity contribution in [3.8, 4) is 0 Å². The number of thioether (sulfide) groups is 1. The van der Waals surface area contributed by atoms with Crippen molar-refractivity contribution in [1.29, 1.82) is 0 Å². The van der Waals surface area contributed by atoms with E-state index in [0.29, 0.717) is 0 Å². The lowest BCUT2D eigenvalue weighted by molar-refractivity contribution is -0.888. The number of hydrogen-bond acceptors (Lipinski definition) is 1. The first-order valence-electron chi connectivity index (χ1n) is 3.18. The summed E-state index contributed by atoms with van der Waals surface area (Å²) in [6, 6.07) is 0. The van der Waals surface area contributed by atoms with Crippen LogP contribution in [0.15, 0.2) is 0 Å². The first kappa shape index (κ1) is 6.43. The summed E-state index contributed by atoms with van der Waals surface area (Å²) in [7, 11) is 2.33. The Labute approximate surface area is 55.7 Å². The highest BCUT2D eigenvalue weighted by Crippen LogP contribution is 2.19. The maximum Gasteiger partial charge on any atom is 0.125 e. The topological polar surface area (TPSA) is 0 Å². The van der Waals surface area contributed by atoms with Crippen molar-refractivity contribution in [2.75, 3.05) is 31.8 Å². The fourth-order valence-electron chi connectivity index (χ4n) is 0.884. The first-order chi connectivity index (χ1) is 3.77. The minimum absolute atomic E-state index is 1.28. The van der Waals surface area contributed by atoms with Gasteiger partial charge in [0.25, 0.3) is 0 Å². The van der Waals surface area contributed by atoms with Crippen LogP contribution in [-0.2, 0) is 0 Å². The molecule has 1 rings (SSSR count). The van der Waals surface area contributed by atoms with Crippen LogP contribution in [-0.4, -0.2) is 36.2 Å². The third-order valence-corrected chi connectivity index (χ3v) is 3.22. The van der Waals surface area contributed by atoms with Gasteiger partial charge >= 0.3 is 0 Å². The molecule has 1 heterocycles. The molecule has 8 heavy (non-hydrogen) atoms. The van der Waals surface area contributed by atoms with Crippen LogP contribution in [0.5, 0.6) is 0 Å². The molecule has 0 bridgehead atoms. The average Bonchev–Trinajstić information content (AvgIpc) is 2.17. The van der Waals surface area contributed by atoms with E-state index in [1.807, 2.05) is 0 Å². The molecule has 0 spiro atoms. The fourth-order valence-corrected chi connectivity index (χ4v) is 2.34. The Morgan fingerprint density at radius 1 is 1.62 bits per heavy atom. The molecule has 1 aliphatic rings. The quantitative estimate of drug-likeness (QED) is 0.482. The Balaban J connectivity index is 2.40. The molecule has 1 saturated heterocycles. The molecule has 48 valence electrons. The zero-order valence-electron chi connectivity index (χ0n) is 5.68. The zero-order chi connectivity index (χ0) is 6.04. The zero-order valence-corrected chi connectivity index (χ0v) is 6.50. The van der Waals surface area contributed by atoms with Crippen LogP contribution in [0.1, 0.15) is 6.92 Å². The normalized spacial score (nSPS) is 38.2. The standard InChI is InChI=1S/C6H14NS/c1-3-7(2)4-5-8-6-7/h3-6H2,1-2H3/q+1. The summed E-state index contributed by atoms with van der Waals surface area (Å²) in [5.74, 6) is 2.70. The van der Waals surface area contributed by atoms with E-state index in [0.717, 1.165) is 0 Å². The summed E-state index contributed by atoms with van der Waals surface area (Å²) in [5.41, 5.74) is 0. The lowest BCUT2D eigenvalue weighted by Gasteiger charge is -2.25. The SMILES string of the molecule is CC[N+]1(C)CCSC1. The van der Waals surface area contributed by atoms with Crippen LogP contribution in [0.2, 0.25) is 0 Å². The van der Waals surface area contributed by atoms with E-state index in [9.17, 15) is 0 Å². The lowest BCUT2D eigenvalue weighted by atomic mass is 10.5. The van der Waals surface area contributed by atoms with E-state index in [-0.39, 0.29) is 0 Å². The van der Waals surface area contributed by atoms with Crippen LogP contribution in [0.3, 0.4) is 0 Å². The molecule has 1 unspecified atom stereocenters. The van der Waals surface area contributed by atoms with E-state index < -0.39 is 0 Å². The summed E-state index contributed by atoms with van der Waals surface area (Å²) >= 11 is 2.08. The Morgan fingerprint density at radius 3 is 2.62 bits per heavy atom. The van der Waals surface area contributed by atoms with Gasteiger partial charge in [0.1, 0.15) is 5.88 Å². The maximum atomic E-state index is 2.33. The summed E-state index contributed by atoms with van der Waals surface area (Å²) < 4.78 is 1.28. The summed E-state index contributed by atoms with van der Waals surface area (Å²) in [5, 5.41) is 0. The smallest absolute Gasteiger partial charge is 0.125 e. The van der Waals surface area contributed by atoms with Crippen molar-refractivity contribution in [3.05, 3.63) is 0 Å². The molecule has 0 aromatic carbocycles. The maximum absolute atomic E-state index is 2.33. The predicted octanol–water partition coefficient (Wildman–Crippen LogP) is 1.16. The van der Waals surface area contributed by atoms with E-state index in [4.69, 9.17) is 0 Å². The minimum atomic E-state index is 1.28. The number of hydrogen-bond donors (Lipinski definition) is 0. The van der Waals surface area contributed by atoms with Gasteiger partial charge in [0.05, 0.1) is 20.1 Å². The van der Waals surface area contributed by atoms with Crippen LogP contribution >= 0.6 is 11.8 Å². The van der Waals surface area contributed by atoms with Gasteiger partial charge in [-0.1, -0.05) is 11.8 Å². The molecule has 0 aromatic heterocycles. The van der Waals surface area contributed by atoms with Gasteiger partial charge in [-0.15, -0.1) is 0 Å². The fraction of sp³-hybridized carbons (Fsp3) is 1.00. The van der Waals surface area contributed by atoms with Crippen LogP contribution < -0.4 is 0 Å². The predicted molar refractivity (Wildman–Crippen MR) is 38.9 cm³/mol. The molecule has 1 aliphatic heterocycles. The second-order valence-electron chi connectivity index (χ2n) is 2.70. The highest BCUT2D eigenvalue weighted by Gasteiger charge is 2.24. The van der Waals surface area contributed by atoms with Gasteiger partial charge in [-0.05, 0) is 6.92 Å². The second kappa shape index (κ2) is 2.28. The minimum Gasteiger partial charge on any atom is -0.317 e. The molecular formula is C6H14NS+. The van der Waals surface area contributed by atoms with Gasteiger partial charge in [-0.25, -0.2) is 0 Å². The molecule has 0 amide bonds. The monoisotopic (exact) mass is 132 g/mol. The Hall–Kier alpha value is 0.310. The van der Waals surface area contributed by atoms with Gasteiger partial charge in [-0.2, -0.15) is 0 Å². The Morgan fingerprint density at radius 2 is 2.38 bits per heavy atom. The van der Waals surface area contributed by atoms with Crippen molar-refractivity contribution < 1.29 is 4.48 Å². The van der Waals surface area contributed by atoms with Gasteiger partial charge < -0.3 is 4.48 Å². The molecule has 0 N–H and O–H groups in total.